The Bertz CT molecular complexity index is 286. The van der Waals surface area contributed by atoms with Gasteiger partial charge >= 0.3 is 0 Å². The topological polar surface area (TPSA) is 98.2 Å². The molecule has 0 bridgehead atoms. The van der Waals surface area contributed by atoms with Crippen LogP contribution in [0.4, 0.5) is 0 Å². The lowest BCUT2D eigenvalue weighted by Gasteiger charge is -2.38. The second kappa shape index (κ2) is 3.91. The summed E-state index contributed by atoms with van der Waals surface area (Å²) in [4.78, 5) is 22.3. The van der Waals surface area contributed by atoms with Crippen LogP contribution in [0.3, 0.4) is 0 Å². The van der Waals surface area contributed by atoms with E-state index in [0.717, 1.165) is 6.42 Å². The molecule has 14 heavy (non-hydrogen) atoms. The maximum Gasteiger partial charge on any atom is 0.236 e. The number of hydrogen-bond donors (Lipinski definition) is 3. The van der Waals surface area contributed by atoms with Crippen LogP contribution in [0.15, 0.2) is 0 Å². The third kappa shape index (κ3) is 1.84. The van der Waals surface area contributed by atoms with E-state index in [1.165, 1.54) is 0 Å². The molecular formula is C8H13N3O2S. The summed E-state index contributed by atoms with van der Waals surface area (Å²) in [6.45, 7) is -0.163. The smallest absolute Gasteiger partial charge is 0.236 e. The second-order valence-electron chi connectivity index (χ2n) is 3.45. The lowest BCUT2D eigenvalue weighted by atomic mass is 9.68. The standard InChI is InChI=1S/C8H13N3O2S/c9-5(12)4-11-7(13)8(6(10)14)2-1-3-8/h1-4H2,(H2,9,12)(H2,10,14)(H,11,13). The minimum atomic E-state index is -0.731. The highest BCUT2D eigenvalue weighted by Crippen LogP contribution is 2.41. The van der Waals surface area contributed by atoms with E-state index in [0.29, 0.717) is 12.8 Å². The van der Waals surface area contributed by atoms with Gasteiger partial charge in [-0.25, -0.2) is 0 Å². The van der Waals surface area contributed by atoms with Crippen LogP contribution in [-0.2, 0) is 9.59 Å². The zero-order valence-electron chi connectivity index (χ0n) is 7.71. The average Bonchev–Trinajstić information content (AvgIpc) is 1.97. The van der Waals surface area contributed by atoms with Crippen molar-refractivity contribution in [2.24, 2.45) is 16.9 Å². The third-order valence-electron chi connectivity index (χ3n) is 2.54. The zero-order valence-corrected chi connectivity index (χ0v) is 8.52. The Morgan fingerprint density at radius 1 is 1.36 bits per heavy atom. The Kier molecular flexibility index (Phi) is 3.05. The summed E-state index contributed by atoms with van der Waals surface area (Å²) >= 11 is 4.84. The van der Waals surface area contributed by atoms with Crippen molar-refractivity contribution in [1.82, 2.24) is 5.32 Å². The molecule has 0 atom stereocenters. The van der Waals surface area contributed by atoms with Crippen LogP contribution >= 0.6 is 12.2 Å². The molecule has 0 aromatic heterocycles. The van der Waals surface area contributed by atoms with E-state index < -0.39 is 11.3 Å². The highest BCUT2D eigenvalue weighted by atomic mass is 32.1. The lowest BCUT2D eigenvalue weighted by molar-refractivity contribution is -0.132. The van der Waals surface area contributed by atoms with Crippen molar-refractivity contribution in [3.63, 3.8) is 0 Å². The molecule has 1 saturated carbocycles. The first-order chi connectivity index (χ1) is 6.49. The average molecular weight is 215 g/mol. The van der Waals surface area contributed by atoms with Crippen LogP contribution in [0.5, 0.6) is 0 Å². The summed E-state index contributed by atoms with van der Waals surface area (Å²) in [7, 11) is 0. The lowest BCUT2D eigenvalue weighted by Crippen LogP contribution is -2.54. The largest absolute Gasteiger partial charge is 0.392 e. The van der Waals surface area contributed by atoms with Gasteiger partial charge in [-0.3, -0.25) is 9.59 Å². The van der Waals surface area contributed by atoms with E-state index >= 15 is 0 Å². The number of thiocarbonyl (C=S) groups is 1. The minimum Gasteiger partial charge on any atom is -0.392 e. The maximum atomic E-state index is 11.6. The van der Waals surface area contributed by atoms with Crippen molar-refractivity contribution in [1.29, 1.82) is 0 Å². The fourth-order valence-corrected chi connectivity index (χ4v) is 1.75. The molecule has 0 radical (unpaired) electrons. The van der Waals surface area contributed by atoms with Gasteiger partial charge in [0.05, 0.1) is 16.9 Å². The summed E-state index contributed by atoms with van der Waals surface area (Å²) < 4.78 is 0. The molecule has 0 heterocycles. The van der Waals surface area contributed by atoms with Crippen molar-refractivity contribution < 1.29 is 9.59 Å². The van der Waals surface area contributed by atoms with Gasteiger partial charge in [0.2, 0.25) is 11.8 Å². The van der Waals surface area contributed by atoms with Gasteiger partial charge in [0, 0.05) is 0 Å². The molecule has 1 aliphatic carbocycles. The molecule has 0 aliphatic heterocycles. The van der Waals surface area contributed by atoms with Gasteiger partial charge in [0.25, 0.3) is 0 Å². The highest BCUT2D eigenvalue weighted by Gasteiger charge is 2.46. The minimum absolute atomic E-state index is 0.163. The van der Waals surface area contributed by atoms with Crippen molar-refractivity contribution in [2.75, 3.05) is 6.54 Å². The first kappa shape index (κ1) is 10.9. The van der Waals surface area contributed by atoms with Gasteiger partial charge in [-0.1, -0.05) is 18.6 Å². The Hall–Kier alpha value is -1.17. The van der Waals surface area contributed by atoms with Gasteiger partial charge in [-0.05, 0) is 12.8 Å². The number of primary amides is 1. The van der Waals surface area contributed by atoms with E-state index in [1.807, 2.05) is 0 Å². The molecule has 0 unspecified atom stereocenters. The van der Waals surface area contributed by atoms with Crippen LogP contribution in [0.2, 0.25) is 0 Å². The number of carbonyl (C=O) groups is 2. The van der Waals surface area contributed by atoms with Gasteiger partial charge in [0.15, 0.2) is 0 Å². The summed E-state index contributed by atoms with van der Waals surface area (Å²) in [5.41, 5.74) is 9.66. The molecular weight excluding hydrogens is 202 g/mol. The SMILES string of the molecule is NC(=O)CNC(=O)C1(C(N)=S)CCC1. The number of carbonyl (C=O) groups excluding carboxylic acids is 2. The van der Waals surface area contributed by atoms with Gasteiger partial charge in [-0.15, -0.1) is 0 Å². The van der Waals surface area contributed by atoms with E-state index in [1.54, 1.807) is 0 Å². The molecule has 0 saturated heterocycles. The van der Waals surface area contributed by atoms with Gasteiger partial charge in [-0.2, -0.15) is 0 Å². The third-order valence-corrected chi connectivity index (χ3v) is 2.93. The molecule has 5 N–H and O–H groups in total. The summed E-state index contributed by atoms with van der Waals surface area (Å²) in [6, 6.07) is 0. The van der Waals surface area contributed by atoms with E-state index in [2.05, 4.69) is 5.32 Å². The van der Waals surface area contributed by atoms with Crippen molar-refractivity contribution in [2.45, 2.75) is 19.3 Å². The Balaban J connectivity index is 2.57. The van der Waals surface area contributed by atoms with Crippen molar-refractivity contribution in [3.8, 4) is 0 Å². The number of amides is 2. The molecule has 0 spiro atoms. The molecule has 6 heteroatoms. The normalized spacial score (nSPS) is 18.0. The Morgan fingerprint density at radius 2 is 1.93 bits per heavy atom. The first-order valence-corrected chi connectivity index (χ1v) is 4.76. The second-order valence-corrected chi connectivity index (χ2v) is 3.89. The zero-order chi connectivity index (χ0) is 10.8. The summed E-state index contributed by atoms with van der Waals surface area (Å²) in [5, 5.41) is 2.43. The number of nitrogens with two attached hydrogens (primary N) is 2. The fourth-order valence-electron chi connectivity index (χ4n) is 1.45. The van der Waals surface area contributed by atoms with Crippen molar-refractivity contribution >= 4 is 29.0 Å². The fraction of sp³-hybridized carbons (Fsp3) is 0.625. The number of nitrogens with one attached hydrogen (secondary N) is 1. The molecule has 2 amide bonds. The van der Waals surface area contributed by atoms with Crippen LogP contribution in [-0.4, -0.2) is 23.3 Å². The van der Waals surface area contributed by atoms with Crippen LogP contribution < -0.4 is 16.8 Å². The van der Waals surface area contributed by atoms with E-state index in [-0.39, 0.29) is 17.4 Å². The first-order valence-electron chi connectivity index (χ1n) is 4.35. The summed E-state index contributed by atoms with van der Waals surface area (Å²) in [5.74, 6) is -0.856. The maximum absolute atomic E-state index is 11.6. The van der Waals surface area contributed by atoms with E-state index in [9.17, 15) is 9.59 Å². The molecule has 1 rings (SSSR count). The van der Waals surface area contributed by atoms with Gasteiger partial charge < -0.3 is 16.8 Å². The molecule has 0 aromatic rings. The Labute approximate surface area is 87.2 Å². The van der Waals surface area contributed by atoms with Crippen LogP contribution in [0, 0.1) is 5.41 Å². The predicted octanol–water partition coefficient (Wildman–Crippen LogP) is -0.956. The van der Waals surface area contributed by atoms with Crippen LogP contribution in [0.25, 0.3) is 0 Å². The quantitative estimate of drug-likeness (QED) is 0.526. The van der Waals surface area contributed by atoms with Gasteiger partial charge in [0.1, 0.15) is 0 Å². The Morgan fingerprint density at radius 3 is 2.21 bits per heavy atom. The predicted molar refractivity (Wildman–Crippen MR) is 55.3 cm³/mol. The summed E-state index contributed by atoms with van der Waals surface area (Å²) in [6.07, 6.45) is 2.25. The van der Waals surface area contributed by atoms with Crippen LogP contribution in [0.1, 0.15) is 19.3 Å². The highest BCUT2D eigenvalue weighted by molar-refractivity contribution is 7.80. The molecule has 5 nitrogen and oxygen atoms in total. The molecule has 1 fully saturated rings. The molecule has 1 aliphatic rings. The van der Waals surface area contributed by atoms with E-state index in [4.69, 9.17) is 23.7 Å². The molecule has 78 valence electrons. The van der Waals surface area contributed by atoms with Crippen molar-refractivity contribution in [3.05, 3.63) is 0 Å². The number of rotatable bonds is 4. The monoisotopic (exact) mass is 215 g/mol. The number of hydrogen-bond acceptors (Lipinski definition) is 3. The molecule has 0 aromatic carbocycles.